The van der Waals surface area contributed by atoms with Gasteiger partial charge in [0, 0.05) is 45.3 Å². The number of nitrogens with zero attached hydrogens (tertiary/aromatic N) is 4. The molecule has 0 saturated carbocycles. The normalized spacial score (nSPS) is 11.7. The Kier molecular flexibility index (Phi) is 6.15. The fourth-order valence-electron chi connectivity index (χ4n) is 2.03. The molecule has 0 radical (unpaired) electrons. The number of aliphatic imine (C=N–C) groups is 1. The maximum Gasteiger partial charge on any atom is 0.191 e. The van der Waals surface area contributed by atoms with Crippen LogP contribution in [0.4, 0.5) is 0 Å². The molecule has 0 fully saturated rings. The maximum absolute atomic E-state index is 6.05. The maximum atomic E-state index is 6.05. The second-order valence-corrected chi connectivity index (χ2v) is 5.57. The van der Waals surface area contributed by atoms with E-state index in [1.807, 2.05) is 34.6 Å². The van der Waals surface area contributed by atoms with Crippen LogP contribution in [-0.4, -0.2) is 33.9 Å². The summed E-state index contributed by atoms with van der Waals surface area (Å²) in [6.07, 6.45) is 4.70. The molecule has 22 heavy (non-hydrogen) atoms. The molecular formula is C14H20Cl2N6. The summed E-state index contributed by atoms with van der Waals surface area (Å²) >= 11 is 12.0. The van der Waals surface area contributed by atoms with Crippen molar-refractivity contribution in [2.45, 2.75) is 19.5 Å². The van der Waals surface area contributed by atoms with Gasteiger partial charge in [0.05, 0.1) is 11.6 Å². The molecule has 0 aliphatic carbocycles. The summed E-state index contributed by atoms with van der Waals surface area (Å²) in [7, 11) is 3.62. The average molecular weight is 343 g/mol. The van der Waals surface area contributed by atoms with Gasteiger partial charge in [-0.15, -0.1) is 0 Å². The van der Waals surface area contributed by atoms with Gasteiger partial charge >= 0.3 is 0 Å². The number of hydrogen-bond donors (Lipinski definition) is 2. The van der Waals surface area contributed by atoms with E-state index in [2.05, 4.69) is 20.7 Å². The molecule has 8 heteroatoms. The van der Waals surface area contributed by atoms with Crippen molar-refractivity contribution in [1.82, 2.24) is 25.0 Å². The third-order valence-corrected chi connectivity index (χ3v) is 4.13. The third kappa shape index (κ3) is 4.42. The average Bonchev–Trinajstić information content (AvgIpc) is 3.11. The second kappa shape index (κ2) is 8.10. The molecule has 0 bridgehead atoms. The zero-order valence-corrected chi connectivity index (χ0v) is 14.2. The van der Waals surface area contributed by atoms with Crippen molar-refractivity contribution in [1.29, 1.82) is 0 Å². The molecule has 0 atom stereocenters. The van der Waals surface area contributed by atoms with Crippen LogP contribution in [0.5, 0.6) is 0 Å². The highest BCUT2D eigenvalue weighted by atomic mass is 35.5. The van der Waals surface area contributed by atoms with Gasteiger partial charge in [0.1, 0.15) is 5.15 Å². The predicted molar refractivity (Wildman–Crippen MR) is 90.5 cm³/mol. The van der Waals surface area contributed by atoms with Crippen molar-refractivity contribution < 1.29 is 0 Å². The lowest BCUT2D eigenvalue weighted by atomic mass is 10.4. The van der Waals surface area contributed by atoms with Crippen molar-refractivity contribution in [2.75, 3.05) is 13.6 Å². The molecule has 0 saturated heterocycles. The molecule has 0 aliphatic rings. The number of aromatic nitrogens is 3. The molecular weight excluding hydrogens is 323 g/mol. The highest BCUT2D eigenvalue weighted by Gasteiger charge is 2.09. The fourth-order valence-corrected chi connectivity index (χ4v) is 2.45. The van der Waals surface area contributed by atoms with Gasteiger partial charge in [-0.2, -0.15) is 5.10 Å². The van der Waals surface area contributed by atoms with E-state index in [-0.39, 0.29) is 0 Å². The van der Waals surface area contributed by atoms with E-state index in [4.69, 9.17) is 23.2 Å². The second-order valence-electron chi connectivity index (χ2n) is 4.81. The van der Waals surface area contributed by atoms with Gasteiger partial charge in [-0.25, -0.2) is 0 Å². The van der Waals surface area contributed by atoms with E-state index < -0.39 is 0 Å². The Bertz CT molecular complexity index is 618. The first kappa shape index (κ1) is 16.7. The van der Waals surface area contributed by atoms with Gasteiger partial charge in [-0.05, 0) is 18.6 Å². The number of halogens is 2. The molecule has 2 heterocycles. The Balaban J connectivity index is 1.74. The minimum absolute atomic E-state index is 0.542. The van der Waals surface area contributed by atoms with Crippen molar-refractivity contribution in [2.24, 2.45) is 12.0 Å². The largest absolute Gasteiger partial charge is 0.356 e. The van der Waals surface area contributed by atoms with Crippen molar-refractivity contribution in [3.8, 4) is 0 Å². The third-order valence-electron chi connectivity index (χ3n) is 3.29. The van der Waals surface area contributed by atoms with E-state index in [0.29, 0.717) is 16.7 Å². The zero-order valence-electron chi connectivity index (χ0n) is 12.7. The molecule has 0 spiro atoms. The van der Waals surface area contributed by atoms with Crippen LogP contribution in [-0.2, 0) is 20.1 Å². The van der Waals surface area contributed by atoms with Gasteiger partial charge in [0.2, 0.25) is 0 Å². The number of rotatable bonds is 6. The predicted octanol–water partition coefficient (Wildman–Crippen LogP) is 2.28. The lowest BCUT2D eigenvalue weighted by Crippen LogP contribution is -2.37. The molecule has 2 aromatic rings. The molecule has 2 aromatic heterocycles. The van der Waals surface area contributed by atoms with Crippen LogP contribution in [0.2, 0.25) is 10.2 Å². The molecule has 0 aromatic carbocycles. The molecule has 0 aliphatic heterocycles. The van der Waals surface area contributed by atoms with Crippen LogP contribution in [0, 0.1) is 0 Å². The number of aryl methyl sites for hydroxylation is 1. The van der Waals surface area contributed by atoms with Gasteiger partial charge in [0.15, 0.2) is 5.96 Å². The van der Waals surface area contributed by atoms with Gasteiger partial charge in [-0.1, -0.05) is 23.2 Å². The Hall–Kier alpha value is -1.66. The first-order chi connectivity index (χ1) is 10.6. The number of guanidine groups is 1. The minimum Gasteiger partial charge on any atom is -0.356 e. The summed E-state index contributed by atoms with van der Waals surface area (Å²) in [5.74, 6) is 0.744. The molecule has 0 amide bonds. The van der Waals surface area contributed by atoms with E-state index in [9.17, 15) is 0 Å². The minimum atomic E-state index is 0.542. The topological polar surface area (TPSA) is 59.2 Å². The van der Waals surface area contributed by atoms with Gasteiger partial charge in [0.25, 0.3) is 0 Å². The quantitative estimate of drug-likeness (QED) is 0.481. The van der Waals surface area contributed by atoms with Gasteiger partial charge < -0.3 is 15.2 Å². The Morgan fingerprint density at radius 1 is 1.36 bits per heavy atom. The SMILES string of the molecule is CN=C(NCCCn1cccn1)NCc1cc(Cl)c(Cl)n1C. The van der Waals surface area contributed by atoms with E-state index in [1.165, 1.54) is 0 Å². The summed E-state index contributed by atoms with van der Waals surface area (Å²) in [4.78, 5) is 4.19. The Morgan fingerprint density at radius 3 is 2.77 bits per heavy atom. The first-order valence-electron chi connectivity index (χ1n) is 7.03. The smallest absolute Gasteiger partial charge is 0.191 e. The summed E-state index contributed by atoms with van der Waals surface area (Å²) < 4.78 is 3.76. The van der Waals surface area contributed by atoms with Crippen LogP contribution >= 0.6 is 23.2 Å². The summed E-state index contributed by atoms with van der Waals surface area (Å²) in [6.45, 7) is 2.29. The Morgan fingerprint density at radius 2 is 2.18 bits per heavy atom. The van der Waals surface area contributed by atoms with Crippen LogP contribution < -0.4 is 10.6 Å². The molecule has 6 nitrogen and oxygen atoms in total. The highest BCUT2D eigenvalue weighted by Crippen LogP contribution is 2.24. The van der Waals surface area contributed by atoms with Crippen molar-refractivity contribution in [3.05, 3.63) is 40.4 Å². The molecule has 2 N–H and O–H groups in total. The van der Waals surface area contributed by atoms with Crippen LogP contribution in [0.15, 0.2) is 29.5 Å². The first-order valence-corrected chi connectivity index (χ1v) is 7.79. The van der Waals surface area contributed by atoms with Crippen molar-refractivity contribution >= 4 is 29.2 Å². The van der Waals surface area contributed by atoms with E-state index in [1.54, 1.807) is 13.2 Å². The molecule has 0 unspecified atom stereocenters. The van der Waals surface area contributed by atoms with E-state index >= 15 is 0 Å². The monoisotopic (exact) mass is 342 g/mol. The molecule has 2 rings (SSSR count). The van der Waals surface area contributed by atoms with Gasteiger partial charge in [-0.3, -0.25) is 9.67 Å². The van der Waals surface area contributed by atoms with Crippen LogP contribution in [0.1, 0.15) is 12.1 Å². The van der Waals surface area contributed by atoms with E-state index in [0.717, 1.165) is 31.2 Å². The summed E-state index contributed by atoms with van der Waals surface area (Å²) in [6, 6.07) is 3.77. The van der Waals surface area contributed by atoms with Crippen LogP contribution in [0.25, 0.3) is 0 Å². The zero-order chi connectivity index (χ0) is 15.9. The molecule has 120 valence electrons. The highest BCUT2D eigenvalue weighted by molar-refractivity contribution is 6.41. The summed E-state index contributed by atoms with van der Waals surface area (Å²) in [5, 5.41) is 11.8. The lowest BCUT2D eigenvalue weighted by Gasteiger charge is -2.12. The number of hydrogen-bond acceptors (Lipinski definition) is 2. The Labute approximate surface area is 140 Å². The standard InChI is InChI=1S/C14H20Cl2N6/c1-17-14(18-5-3-7-22-8-4-6-20-22)19-10-11-9-12(15)13(16)21(11)2/h4,6,8-9H,3,5,7,10H2,1-2H3,(H2,17,18,19). The van der Waals surface area contributed by atoms with Crippen LogP contribution in [0.3, 0.4) is 0 Å². The summed E-state index contributed by atoms with van der Waals surface area (Å²) in [5.41, 5.74) is 0.995. The van der Waals surface area contributed by atoms with Crippen molar-refractivity contribution in [3.63, 3.8) is 0 Å². The number of nitrogens with one attached hydrogen (secondary N) is 2. The fraction of sp³-hybridized carbons (Fsp3) is 0.429. The lowest BCUT2D eigenvalue weighted by molar-refractivity contribution is 0.570.